The number of hydrogen-bond donors (Lipinski definition) is 3. The van der Waals surface area contributed by atoms with E-state index in [1.807, 2.05) is 0 Å². The van der Waals surface area contributed by atoms with Gasteiger partial charge in [-0.15, -0.1) is 0 Å². The maximum Gasteiger partial charge on any atom is 0.254 e. The van der Waals surface area contributed by atoms with E-state index in [1.54, 1.807) is 0 Å². The largest absolute Gasteiger partial charge is 0.351 e. The summed E-state index contributed by atoms with van der Waals surface area (Å²) in [6.07, 6.45) is 0.963. The van der Waals surface area contributed by atoms with Crippen LogP contribution in [0.3, 0.4) is 0 Å². The molecule has 8 heteroatoms. The molecule has 0 spiro atoms. The Labute approximate surface area is 104 Å². The third kappa shape index (κ3) is 4.30. The number of hydrogen-bond acceptors (Lipinski definition) is 4. The van der Waals surface area contributed by atoms with Gasteiger partial charge in [0.05, 0.1) is 11.8 Å². The van der Waals surface area contributed by atoms with Gasteiger partial charge in [-0.25, -0.2) is 12.8 Å². The van der Waals surface area contributed by atoms with Gasteiger partial charge in [0, 0.05) is 18.8 Å². The van der Waals surface area contributed by atoms with Crippen LogP contribution >= 0.6 is 0 Å². The van der Waals surface area contributed by atoms with Gasteiger partial charge in [-0.2, -0.15) is 0 Å². The summed E-state index contributed by atoms with van der Waals surface area (Å²) in [4.78, 5) is 11.6. The predicted octanol–water partition coefficient (Wildman–Crippen LogP) is -0.114. The zero-order chi connectivity index (χ0) is 13.8. The van der Waals surface area contributed by atoms with Crippen molar-refractivity contribution in [2.75, 3.05) is 24.1 Å². The standard InChI is InChI=1S/C10H14FN3O3S/c1-18(16,17)14-7-2-3-9(11)8(6-7)10(15)13-5-4-12/h2-3,6,14H,4-5,12H2,1H3,(H,13,15). The molecular formula is C10H14FN3O3S. The Morgan fingerprint density at radius 3 is 2.67 bits per heavy atom. The van der Waals surface area contributed by atoms with Crippen molar-refractivity contribution in [3.63, 3.8) is 0 Å². The van der Waals surface area contributed by atoms with E-state index in [4.69, 9.17) is 5.73 Å². The minimum atomic E-state index is -3.47. The van der Waals surface area contributed by atoms with E-state index in [2.05, 4.69) is 10.0 Å². The number of amides is 1. The molecule has 100 valence electrons. The van der Waals surface area contributed by atoms with Crippen LogP contribution in [-0.4, -0.2) is 33.7 Å². The molecule has 0 atom stereocenters. The number of rotatable bonds is 5. The van der Waals surface area contributed by atoms with Crippen LogP contribution in [-0.2, 0) is 10.0 Å². The van der Waals surface area contributed by atoms with Crippen LogP contribution in [0.15, 0.2) is 18.2 Å². The number of carbonyl (C=O) groups is 1. The van der Waals surface area contributed by atoms with Crippen molar-refractivity contribution >= 4 is 21.6 Å². The van der Waals surface area contributed by atoms with Crippen molar-refractivity contribution in [2.24, 2.45) is 5.73 Å². The number of benzene rings is 1. The molecule has 0 aliphatic rings. The van der Waals surface area contributed by atoms with Crippen molar-refractivity contribution in [2.45, 2.75) is 0 Å². The molecule has 0 bridgehead atoms. The highest BCUT2D eigenvalue weighted by atomic mass is 32.2. The van der Waals surface area contributed by atoms with Gasteiger partial charge < -0.3 is 11.1 Å². The Morgan fingerprint density at radius 2 is 2.11 bits per heavy atom. The van der Waals surface area contributed by atoms with Crippen molar-refractivity contribution in [3.8, 4) is 0 Å². The highest BCUT2D eigenvalue weighted by Gasteiger charge is 2.13. The first kappa shape index (κ1) is 14.4. The van der Waals surface area contributed by atoms with Crippen molar-refractivity contribution in [3.05, 3.63) is 29.6 Å². The zero-order valence-electron chi connectivity index (χ0n) is 9.73. The van der Waals surface area contributed by atoms with E-state index in [9.17, 15) is 17.6 Å². The molecule has 18 heavy (non-hydrogen) atoms. The van der Waals surface area contributed by atoms with Crippen LogP contribution in [0.4, 0.5) is 10.1 Å². The molecule has 1 amide bonds. The highest BCUT2D eigenvalue weighted by molar-refractivity contribution is 7.92. The maximum atomic E-state index is 13.4. The molecule has 6 nitrogen and oxygen atoms in total. The second-order valence-corrected chi connectivity index (χ2v) is 5.36. The molecule has 1 rings (SSSR count). The Morgan fingerprint density at radius 1 is 1.44 bits per heavy atom. The van der Waals surface area contributed by atoms with E-state index < -0.39 is 21.7 Å². The normalized spacial score (nSPS) is 11.1. The summed E-state index contributed by atoms with van der Waals surface area (Å²) in [7, 11) is -3.47. The first-order valence-electron chi connectivity index (χ1n) is 5.09. The van der Waals surface area contributed by atoms with Crippen LogP contribution in [0, 0.1) is 5.82 Å². The molecule has 0 fully saturated rings. The molecule has 4 N–H and O–H groups in total. The van der Waals surface area contributed by atoms with Gasteiger partial charge in [0.2, 0.25) is 10.0 Å². The lowest BCUT2D eigenvalue weighted by Gasteiger charge is -2.08. The molecular weight excluding hydrogens is 261 g/mol. The summed E-state index contributed by atoms with van der Waals surface area (Å²) in [5, 5.41) is 2.40. The van der Waals surface area contributed by atoms with Crippen LogP contribution in [0.25, 0.3) is 0 Å². The Hall–Kier alpha value is -1.67. The SMILES string of the molecule is CS(=O)(=O)Nc1ccc(F)c(C(=O)NCCN)c1. The predicted molar refractivity (Wildman–Crippen MR) is 66.3 cm³/mol. The monoisotopic (exact) mass is 275 g/mol. The lowest BCUT2D eigenvalue weighted by Crippen LogP contribution is -2.29. The van der Waals surface area contributed by atoms with E-state index >= 15 is 0 Å². The van der Waals surface area contributed by atoms with Gasteiger partial charge in [0.25, 0.3) is 5.91 Å². The third-order valence-electron chi connectivity index (χ3n) is 1.94. The summed E-state index contributed by atoms with van der Waals surface area (Å²) in [6, 6.07) is 3.38. The summed E-state index contributed by atoms with van der Waals surface area (Å²) in [5.74, 6) is -1.38. The fraction of sp³-hybridized carbons (Fsp3) is 0.300. The Kier molecular flexibility index (Phi) is 4.62. The first-order valence-corrected chi connectivity index (χ1v) is 6.98. The Balaban J connectivity index is 2.97. The number of anilines is 1. The van der Waals surface area contributed by atoms with E-state index in [1.165, 1.54) is 6.07 Å². The van der Waals surface area contributed by atoms with Crippen molar-refractivity contribution in [1.29, 1.82) is 0 Å². The lowest BCUT2D eigenvalue weighted by atomic mass is 10.2. The summed E-state index contributed by atoms with van der Waals surface area (Å²) >= 11 is 0. The van der Waals surface area contributed by atoms with E-state index in [0.29, 0.717) is 0 Å². The molecule has 0 unspecified atom stereocenters. The van der Waals surface area contributed by atoms with Gasteiger partial charge in [0.1, 0.15) is 5.82 Å². The average molecular weight is 275 g/mol. The summed E-state index contributed by atoms with van der Waals surface area (Å²) in [5.41, 5.74) is 5.09. The molecule has 0 saturated heterocycles. The fourth-order valence-electron chi connectivity index (χ4n) is 1.26. The molecule has 0 aliphatic carbocycles. The van der Waals surface area contributed by atoms with Gasteiger partial charge in [-0.05, 0) is 18.2 Å². The van der Waals surface area contributed by atoms with Gasteiger partial charge >= 0.3 is 0 Å². The van der Waals surface area contributed by atoms with E-state index in [-0.39, 0.29) is 24.3 Å². The van der Waals surface area contributed by atoms with Gasteiger partial charge in [-0.3, -0.25) is 9.52 Å². The number of nitrogens with two attached hydrogens (primary N) is 1. The van der Waals surface area contributed by atoms with Crippen LogP contribution < -0.4 is 15.8 Å². The number of halogens is 1. The third-order valence-corrected chi connectivity index (χ3v) is 2.55. The lowest BCUT2D eigenvalue weighted by molar-refractivity contribution is 0.0951. The highest BCUT2D eigenvalue weighted by Crippen LogP contribution is 2.15. The molecule has 0 aliphatic heterocycles. The van der Waals surface area contributed by atoms with Gasteiger partial charge in [-0.1, -0.05) is 0 Å². The number of carbonyl (C=O) groups excluding carboxylic acids is 1. The minimum absolute atomic E-state index is 0.122. The molecule has 0 saturated carbocycles. The molecule has 0 heterocycles. The van der Waals surface area contributed by atoms with Crippen LogP contribution in [0.5, 0.6) is 0 Å². The Bertz CT molecular complexity index is 545. The minimum Gasteiger partial charge on any atom is -0.351 e. The smallest absolute Gasteiger partial charge is 0.254 e. The number of nitrogens with one attached hydrogen (secondary N) is 2. The molecule has 1 aromatic rings. The fourth-order valence-corrected chi connectivity index (χ4v) is 1.81. The quantitative estimate of drug-likeness (QED) is 0.697. The molecule has 1 aromatic carbocycles. The zero-order valence-corrected chi connectivity index (χ0v) is 10.6. The molecule has 0 radical (unpaired) electrons. The van der Waals surface area contributed by atoms with Crippen LogP contribution in [0.1, 0.15) is 10.4 Å². The topological polar surface area (TPSA) is 101 Å². The summed E-state index contributed by atoms with van der Waals surface area (Å²) < 4.78 is 37.6. The maximum absolute atomic E-state index is 13.4. The average Bonchev–Trinajstić information content (AvgIpc) is 2.26. The van der Waals surface area contributed by atoms with E-state index in [0.717, 1.165) is 18.4 Å². The first-order chi connectivity index (χ1) is 8.33. The van der Waals surface area contributed by atoms with Crippen molar-refractivity contribution < 1.29 is 17.6 Å². The number of sulfonamides is 1. The molecule has 0 aromatic heterocycles. The van der Waals surface area contributed by atoms with Gasteiger partial charge in [0.15, 0.2) is 0 Å². The second kappa shape index (κ2) is 5.78. The second-order valence-electron chi connectivity index (χ2n) is 3.61. The van der Waals surface area contributed by atoms with Crippen LogP contribution in [0.2, 0.25) is 0 Å². The summed E-state index contributed by atoms with van der Waals surface area (Å²) in [6.45, 7) is 0.441. The van der Waals surface area contributed by atoms with Crippen molar-refractivity contribution in [1.82, 2.24) is 5.32 Å².